The summed E-state index contributed by atoms with van der Waals surface area (Å²) in [5.41, 5.74) is 4.15. The quantitative estimate of drug-likeness (QED) is 0.547. The van der Waals surface area contributed by atoms with Gasteiger partial charge in [-0.05, 0) is 62.0 Å². The van der Waals surface area contributed by atoms with Gasteiger partial charge in [0.2, 0.25) is 0 Å². The summed E-state index contributed by atoms with van der Waals surface area (Å²) < 4.78 is 7.12. The van der Waals surface area contributed by atoms with Crippen LogP contribution in [0, 0.1) is 5.92 Å². The zero-order valence-corrected chi connectivity index (χ0v) is 20.3. The summed E-state index contributed by atoms with van der Waals surface area (Å²) in [5, 5.41) is 10.7. The Morgan fingerprint density at radius 3 is 2.86 bits per heavy atom. The van der Waals surface area contributed by atoms with Crippen molar-refractivity contribution in [1.29, 1.82) is 0 Å². The lowest BCUT2D eigenvalue weighted by Gasteiger charge is -2.31. The third-order valence-corrected chi connectivity index (χ3v) is 7.49. The lowest BCUT2D eigenvalue weighted by atomic mass is 9.94. The predicted octanol–water partition coefficient (Wildman–Crippen LogP) is 2.16. The van der Waals surface area contributed by atoms with Crippen molar-refractivity contribution in [1.82, 2.24) is 24.8 Å². The molecule has 0 saturated carbocycles. The molecule has 1 aromatic carbocycles. The molecule has 0 atom stereocenters. The van der Waals surface area contributed by atoms with E-state index in [1.165, 1.54) is 19.0 Å². The molecular formula is C26H31N7O3. The number of rotatable bonds is 6. The van der Waals surface area contributed by atoms with E-state index >= 15 is 0 Å². The minimum atomic E-state index is -0.273. The van der Waals surface area contributed by atoms with Crippen LogP contribution in [0.1, 0.15) is 45.5 Å². The smallest absolute Gasteiger partial charge is 0.261 e. The van der Waals surface area contributed by atoms with Crippen molar-refractivity contribution in [3.8, 4) is 0 Å². The van der Waals surface area contributed by atoms with Crippen molar-refractivity contribution < 1.29 is 14.3 Å². The maximum absolute atomic E-state index is 13.3. The second-order valence-electron chi connectivity index (χ2n) is 9.73. The molecule has 3 aromatic rings. The summed E-state index contributed by atoms with van der Waals surface area (Å²) in [6.45, 7) is 6.09. The van der Waals surface area contributed by atoms with Gasteiger partial charge in [0.15, 0.2) is 5.65 Å². The van der Waals surface area contributed by atoms with Gasteiger partial charge in [-0.25, -0.2) is 9.50 Å². The maximum atomic E-state index is 13.3. The molecule has 2 fully saturated rings. The number of fused-ring (bicyclic) bond motifs is 2. The fourth-order valence-electron chi connectivity index (χ4n) is 5.44. The Balaban J connectivity index is 1.27. The Morgan fingerprint density at radius 2 is 2.03 bits per heavy atom. The fraction of sp³-hybridized carbons (Fsp3) is 0.462. The molecule has 0 spiro atoms. The zero-order valence-electron chi connectivity index (χ0n) is 20.3. The minimum Gasteiger partial charge on any atom is -0.378 e. The molecule has 2 saturated heterocycles. The lowest BCUT2D eigenvalue weighted by Crippen LogP contribution is -2.37. The highest BCUT2D eigenvalue weighted by Crippen LogP contribution is 2.35. The number of morpholine rings is 1. The van der Waals surface area contributed by atoms with E-state index in [0.717, 1.165) is 42.9 Å². The third-order valence-electron chi connectivity index (χ3n) is 7.49. The molecule has 3 aliphatic heterocycles. The molecule has 36 heavy (non-hydrogen) atoms. The van der Waals surface area contributed by atoms with E-state index in [2.05, 4.69) is 25.6 Å². The molecule has 2 N–H and O–H groups in total. The van der Waals surface area contributed by atoms with Gasteiger partial charge in [-0.3, -0.25) is 9.59 Å². The summed E-state index contributed by atoms with van der Waals surface area (Å²) in [6.07, 6.45) is 8.31. The second kappa shape index (κ2) is 9.87. The van der Waals surface area contributed by atoms with E-state index in [-0.39, 0.29) is 11.8 Å². The van der Waals surface area contributed by atoms with Crippen LogP contribution < -0.4 is 15.5 Å². The van der Waals surface area contributed by atoms with Gasteiger partial charge in [-0.15, -0.1) is 0 Å². The molecule has 10 nitrogen and oxygen atoms in total. The number of aromatic nitrogens is 3. The van der Waals surface area contributed by atoms with Crippen molar-refractivity contribution in [2.45, 2.75) is 25.8 Å². The van der Waals surface area contributed by atoms with Gasteiger partial charge in [0.1, 0.15) is 5.56 Å². The molecule has 2 amide bonds. The van der Waals surface area contributed by atoms with Gasteiger partial charge in [-0.1, -0.05) is 0 Å². The second-order valence-corrected chi connectivity index (χ2v) is 9.73. The molecule has 5 heterocycles. The molecule has 2 aromatic heterocycles. The van der Waals surface area contributed by atoms with Gasteiger partial charge in [0.05, 0.1) is 30.8 Å². The molecule has 0 unspecified atom stereocenters. The summed E-state index contributed by atoms with van der Waals surface area (Å²) >= 11 is 0. The molecule has 6 rings (SSSR count). The van der Waals surface area contributed by atoms with E-state index in [0.29, 0.717) is 55.7 Å². The fourth-order valence-corrected chi connectivity index (χ4v) is 5.44. The largest absolute Gasteiger partial charge is 0.378 e. The van der Waals surface area contributed by atoms with Crippen LogP contribution >= 0.6 is 0 Å². The Morgan fingerprint density at radius 1 is 1.19 bits per heavy atom. The van der Waals surface area contributed by atoms with Crippen LogP contribution in [0.4, 0.5) is 11.4 Å². The normalized spacial score (nSPS) is 18.6. The van der Waals surface area contributed by atoms with Crippen LogP contribution in [-0.2, 0) is 11.3 Å². The van der Waals surface area contributed by atoms with Gasteiger partial charge in [0, 0.05) is 44.1 Å². The molecule has 0 bridgehead atoms. The first kappa shape index (κ1) is 22.9. The molecule has 188 valence electrons. The number of benzene rings is 1. The number of carbonyl (C=O) groups is 2. The number of anilines is 2. The number of nitrogens with zero attached hydrogens (tertiary/aromatic N) is 5. The highest BCUT2D eigenvalue weighted by Gasteiger charge is 2.31. The lowest BCUT2D eigenvalue weighted by molar-refractivity contribution is 0.0766. The average Bonchev–Trinajstić information content (AvgIpc) is 3.49. The highest BCUT2D eigenvalue weighted by molar-refractivity contribution is 6.10. The topological polar surface area (TPSA) is 104 Å². The number of hydrogen-bond donors (Lipinski definition) is 2. The van der Waals surface area contributed by atoms with E-state index in [1.807, 2.05) is 17.0 Å². The van der Waals surface area contributed by atoms with Gasteiger partial charge < -0.3 is 25.2 Å². The van der Waals surface area contributed by atoms with E-state index < -0.39 is 0 Å². The van der Waals surface area contributed by atoms with E-state index in [1.54, 1.807) is 23.0 Å². The van der Waals surface area contributed by atoms with Crippen LogP contribution in [0.3, 0.4) is 0 Å². The monoisotopic (exact) mass is 489 g/mol. The summed E-state index contributed by atoms with van der Waals surface area (Å²) in [4.78, 5) is 35.1. The third kappa shape index (κ3) is 4.42. The van der Waals surface area contributed by atoms with Crippen LogP contribution in [-0.4, -0.2) is 77.2 Å². The number of amides is 2. The van der Waals surface area contributed by atoms with Crippen LogP contribution in [0.5, 0.6) is 0 Å². The van der Waals surface area contributed by atoms with Crippen LogP contribution in [0.15, 0.2) is 36.8 Å². The van der Waals surface area contributed by atoms with Gasteiger partial charge in [0.25, 0.3) is 11.8 Å². The summed E-state index contributed by atoms with van der Waals surface area (Å²) in [6, 6.07) is 5.70. The van der Waals surface area contributed by atoms with Crippen molar-refractivity contribution >= 4 is 28.8 Å². The van der Waals surface area contributed by atoms with Crippen molar-refractivity contribution in [2.24, 2.45) is 5.92 Å². The Kier molecular flexibility index (Phi) is 6.28. The summed E-state index contributed by atoms with van der Waals surface area (Å²) in [5.74, 6) is 0.476. The minimum absolute atomic E-state index is 0.0816. The SMILES string of the molecule is O=C(Nc1cc2c(cc1N1CCOCC1)C(=O)N(CCC1CCNCC1)C2)c1cnn2cccnc12. The Bertz CT molecular complexity index is 1280. The first-order valence-electron chi connectivity index (χ1n) is 12.8. The van der Waals surface area contributed by atoms with E-state index in [9.17, 15) is 9.59 Å². The van der Waals surface area contributed by atoms with Crippen molar-refractivity contribution in [3.05, 3.63) is 53.5 Å². The highest BCUT2D eigenvalue weighted by atomic mass is 16.5. The number of piperidine rings is 1. The van der Waals surface area contributed by atoms with Gasteiger partial charge in [-0.2, -0.15) is 5.10 Å². The number of carbonyl (C=O) groups excluding carboxylic acids is 2. The molecule has 0 aliphatic carbocycles. The first-order chi connectivity index (χ1) is 17.7. The van der Waals surface area contributed by atoms with E-state index in [4.69, 9.17) is 4.74 Å². The Hall–Kier alpha value is -3.50. The molecule has 0 radical (unpaired) electrons. The van der Waals surface area contributed by atoms with Crippen molar-refractivity contribution in [3.63, 3.8) is 0 Å². The summed E-state index contributed by atoms with van der Waals surface area (Å²) in [7, 11) is 0. The maximum Gasteiger partial charge on any atom is 0.261 e. The van der Waals surface area contributed by atoms with Crippen LogP contribution in [0.25, 0.3) is 5.65 Å². The van der Waals surface area contributed by atoms with Crippen LogP contribution in [0.2, 0.25) is 0 Å². The zero-order chi connectivity index (χ0) is 24.5. The number of nitrogens with one attached hydrogen (secondary N) is 2. The Labute approximate surface area is 209 Å². The number of ether oxygens (including phenoxy) is 1. The first-order valence-corrected chi connectivity index (χ1v) is 12.8. The standard InChI is InChI=1S/C26H31N7O3/c34-25(21-16-29-33-8-1-5-28-24(21)33)30-22-14-19-17-32(9-4-18-2-6-27-7-3-18)26(35)20(19)15-23(22)31-10-12-36-13-11-31/h1,5,8,14-16,18,27H,2-4,6-7,9-13,17H2,(H,30,34). The van der Waals surface area contributed by atoms with Gasteiger partial charge >= 0.3 is 0 Å². The molecular weight excluding hydrogens is 458 g/mol. The average molecular weight is 490 g/mol. The van der Waals surface area contributed by atoms with Crippen molar-refractivity contribution in [2.75, 3.05) is 56.2 Å². The predicted molar refractivity (Wildman–Crippen MR) is 135 cm³/mol. The molecule has 3 aliphatic rings. The molecule has 10 heteroatoms. The number of hydrogen-bond acceptors (Lipinski definition) is 7.